The van der Waals surface area contributed by atoms with Crippen molar-refractivity contribution in [1.82, 2.24) is 14.9 Å². The fourth-order valence-electron chi connectivity index (χ4n) is 2.06. The van der Waals surface area contributed by atoms with Gasteiger partial charge < -0.3 is 15.1 Å². The Bertz CT molecular complexity index is 435. The Balaban J connectivity index is 1.96. The molecule has 6 heteroatoms. The molecular weight excluding hydrogens is 242 g/mol. The molecule has 1 aromatic rings. The van der Waals surface area contributed by atoms with Crippen molar-refractivity contribution in [2.45, 2.75) is 12.8 Å². The van der Waals surface area contributed by atoms with Crippen LogP contribution in [0.25, 0.3) is 0 Å². The van der Waals surface area contributed by atoms with Crippen molar-refractivity contribution >= 4 is 17.4 Å². The topological polar surface area (TPSA) is 61.4 Å². The molecule has 0 radical (unpaired) electrons. The van der Waals surface area contributed by atoms with E-state index < -0.39 is 0 Å². The number of piperidine rings is 1. The average molecular weight is 263 g/mol. The molecule has 1 aliphatic rings. The normalized spacial score (nSPS) is 15.9. The lowest BCUT2D eigenvalue weighted by Gasteiger charge is -2.26. The Hall–Kier alpha value is -1.69. The van der Waals surface area contributed by atoms with Crippen LogP contribution in [-0.4, -0.2) is 60.9 Å². The van der Waals surface area contributed by atoms with Gasteiger partial charge in [-0.05, 0) is 20.5 Å². The summed E-state index contributed by atoms with van der Waals surface area (Å²) in [7, 11) is 4.07. The number of hydrogen-bond donors (Lipinski definition) is 1. The molecule has 0 atom stereocenters. The lowest BCUT2D eigenvalue weighted by Crippen LogP contribution is -2.36. The molecule has 1 fully saturated rings. The molecule has 1 N–H and O–H groups in total. The van der Waals surface area contributed by atoms with Crippen LogP contribution >= 0.6 is 0 Å². The van der Waals surface area contributed by atoms with Gasteiger partial charge in [-0.2, -0.15) is 0 Å². The molecule has 0 bridgehead atoms. The highest BCUT2D eigenvalue weighted by molar-refractivity contribution is 5.84. The zero-order valence-corrected chi connectivity index (χ0v) is 11.6. The number of Topliss-reactive ketones (excluding diaryl/α,β-unsaturated/α-hetero) is 1. The summed E-state index contributed by atoms with van der Waals surface area (Å²) in [6.07, 6.45) is 3.15. The average Bonchev–Trinajstić information content (AvgIpc) is 2.39. The predicted molar refractivity (Wildman–Crippen MR) is 75.5 cm³/mol. The van der Waals surface area contributed by atoms with Crippen LogP contribution in [-0.2, 0) is 4.79 Å². The Morgan fingerprint density at radius 3 is 3.00 bits per heavy atom. The Kier molecular flexibility index (Phi) is 4.68. The van der Waals surface area contributed by atoms with Gasteiger partial charge in [0, 0.05) is 32.1 Å². The maximum atomic E-state index is 11.5. The quantitative estimate of drug-likeness (QED) is 0.840. The summed E-state index contributed by atoms with van der Waals surface area (Å²) in [5, 5.41) is 3.26. The number of carbonyl (C=O) groups is 1. The highest BCUT2D eigenvalue weighted by atomic mass is 16.1. The van der Waals surface area contributed by atoms with E-state index in [-0.39, 0.29) is 5.78 Å². The Morgan fingerprint density at radius 2 is 2.26 bits per heavy atom. The molecule has 2 heterocycles. The molecule has 1 aliphatic heterocycles. The molecule has 0 aromatic carbocycles. The van der Waals surface area contributed by atoms with Gasteiger partial charge in [-0.3, -0.25) is 4.79 Å². The molecule has 0 spiro atoms. The van der Waals surface area contributed by atoms with Crippen LogP contribution in [0.5, 0.6) is 0 Å². The second-order valence-electron chi connectivity index (χ2n) is 5.06. The molecule has 1 aromatic heterocycles. The number of ketones is 1. The maximum Gasteiger partial charge on any atom is 0.152 e. The van der Waals surface area contributed by atoms with Crippen LogP contribution < -0.4 is 10.2 Å². The van der Waals surface area contributed by atoms with Crippen LogP contribution in [0.3, 0.4) is 0 Å². The van der Waals surface area contributed by atoms with Crippen molar-refractivity contribution in [2.75, 3.05) is 50.5 Å². The third-order valence-electron chi connectivity index (χ3n) is 3.09. The number of anilines is 2. The Labute approximate surface area is 113 Å². The fourth-order valence-corrected chi connectivity index (χ4v) is 2.06. The lowest BCUT2D eigenvalue weighted by atomic mass is 10.1. The highest BCUT2D eigenvalue weighted by Crippen LogP contribution is 2.17. The van der Waals surface area contributed by atoms with Crippen LogP contribution in [0.1, 0.15) is 12.8 Å². The second-order valence-corrected chi connectivity index (χ2v) is 5.06. The predicted octanol–water partition coefficient (Wildman–Crippen LogP) is 0.619. The zero-order valence-electron chi connectivity index (χ0n) is 11.6. The van der Waals surface area contributed by atoms with Crippen molar-refractivity contribution in [3.05, 3.63) is 12.4 Å². The third-order valence-corrected chi connectivity index (χ3v) is 3.09. The highest BCUT2D eigenvalue weighted by Gasteiger charge is 2.18. The van der Waals surface area contributed by atoms with Gasteiger partial charge in [-0.1, -0.05) is 0 Å². The van der Waals surface area contributed by atoms with Gasteiger partial charge in [0.2, 0.25) is 0 Å². The van der Waals surface area contributed by atoms with Crippen molar-refractivity contribution in [3.63, 3.8) is 0 Å². The van der Waals surface area contributed by atoms with E-state index in [4.69, 9.17) is 0 Å². The van der Waals surface area contributed by atoms with Gasteiger partial charge in [0.25, 0.3) is 0 Å². The van der Waals surface area contributed by atoms with Gasteiger partial charge in [-0.25, -0.2) is 9.97 Å². The van der Waals surface area contributed by atoms with E-state index in [1.165, 1.54) is 0 Å². The number of rotatable bonds is 5. The molecular formula is C13H21N5O. The Morgan fingerprint density at radius 1 is 1.42 bits per heavy atom. The first-order valence-corrected chi connectivity index (χ1v) is 6.62. The minimum Gasteiger partial charge on any atom is -0.369 e. The first-order valence-electron chi connectivity index (χ1n) is 6.62. The van der Waals surface area contributed by atoms with E-state index in [1.807, 2.05) is 25.1 Å². The summed E-state index contributed by atoms with van der Waals surface area (Å²) in [6, 6.07) is 1.91. The second kappa shape index (κ2) is 6.47. The fraction of sp³-hybridized carbons (Fsp3) is 0.615. The van der Waals surface area contributed by atoms with Crippen LogP contribution in [0, 0.1) is 0 Å². The number of aromatic nitrogens is 2. The zero-order chi connectivity index (χ0) is 13.7. The number of nitrogens with zero attached hydrogens (tertiary/aromatic N) is 4. The molecule has 0 amide bonds. The molecule has 1 saturated heterocycles. The van der Waals surface area contributed by atoms with E-state index >= 15 is 0 Å². The van der Waals surface area contributed by atoms with E-state index in [2.05, 4.69) is 20.2 Å². The molecule has 6 nitrogen and oxygen atoms in total. The van der Waals surface area contributed by atoms with E-state index in [0.29, 0.717) is 13.0 Å². The van der Waals surface area contributed by atoms with Gasteiger partial charge in [-0.15, -0.1) is 0 Å². The summed E-state index contributed by atoms with van der Waals surface area (Å²) in [4.78, 5) is 24.1. The molecule has 0 unspecified atom stereocenters. The third kappa shape index (κ3) is 4.17. The standard InChI is InChI=1S/C13H21N5O/c1-17(2)7-5-14-12-8-13(16-10-15-12)18-6-3-4-11(19)9-18/h8,10H,3-7,9H2,1-2H3,(H,14,15,16). The number of carbonyl (C=O) groups excluding carboxylic acids is 1. The van der Waals surface area contributed by atoms with Crippen molar-refractivity contribution < 1.29 is 4.79 Å². The van der Waals surface area contributed by atoms with Crippen LogP contribution in [0.4, 0.5) is 11.6 Å². The summed E-state index contributed by atoms with van der Waals surface area (Å²) >= 11 is 0. The van der Waals surface area contributed by atoms with E-state index in [0.717, 1.165) is 37.7 Å². The smallest absolute Gasteiger partial charge is 0.152 e. The number of nitrogens with one attached hydrogen (secondary N) is 1. The molecule has 104 valence electrons. The van der Waals surface area contributed by atoms with Gasteiger partial charge in [0.05, 0.1) is 6.54 Å². The molecule has 19 heavy (non-hydrogen) atoms. The van der Waals surface area contributed by atoms with Gasteiger partial charge in [0.15, 0.2) is 5.78 Å². The number of likely N-dealkylation sites (N-methyl/N-ethyl adjacent to an activating group) is 1. The van der Waals surface area contributed by atoms with Crippen LogP contribution in [0.15, 0.2) is 12.4 Å². The first-order chi connectivity index (χ1) is 9.15. The molecule has 2 rings (SSSR count). The largest absolute Gasteiger partial charge is 0.369 e. The van der Waals surface area contributed by atoms with E-state index in [1.54, 1.807) is 6.33 Å². The van der Waals surface area contributed by atoms with Gasteiger partial charge >= 0.3 is 0 Å². The van der Waals surface area contributed by atoms with Crippen LogP contribution in [0.2, 0.25) is 0 Å². The van der Waals surface area contributed by atoms with Gasteiger partial charge in [0.1, 0.15) is 18.0 Å². The summed E-state index contributed by atoms with van der Waals surface area (Å²) < 4.78 is 0. The first kappa shape index (κ1) is 13.7. The van der Waals surface area contributed by atoms with Crippen molar-refractivity contribution in [1.29, 1.82) is 0 Å². The monoisotopic (exact) mass is 263 g/mol. The SMILES string of the molecule is CN(C)CCNc1cc(N2CCCC(=O)C2)ncn1. The van der Waals surface area contributed by atoms with E-state index in [9.17, 15) is 4.79 Å². The van der Waals surface area contributed by atoms with Crippen molar-refractivity contribution in [2.24, 2.45) is 0 Å². The minimum absolute atomic E-state index is 0.284. The molecule has 0 saturated carbocycles. The molecule has 0 aliphatic carbocycles. The summed E-state index contributed by atoms with van der Waals surface area (Å²) in [5.74, 6) is 1.92. The summed E-state index contributed by atoms with van der Waals surface area (Å²) in [5.41, 5.74) is 0. The lowest BCUT2D eigenvalue weighted by molar-refractivity contribution is -0.118. The number of hydrogen-bond acceptors (Lipinski definition) is 6. The summed E-state index contributed by atoms with van der Waals surface area (Å²) in [6.45, 7) is 3.14. The van der Waals surface area contributed by atoms with Crippen molar-refractivity contribution in [3.8, 4) is 0 Å². The maximum absolute atomic E-state index is 11.5. The minimum atomic E-state index is 0.284.